The highest BCUT2D eigenvalue weighted by Gasteiger charge is 1.88. The first-order valence-corrected chi connectivity index (χ1v) is 5.53. The molecule has 0 unspecified atom stereocenters. The largest absolute Gasteiger partial charge is 0.508 e. The van der Waals surface area contributed by atoms with Crippen molar-refractivity contribution in [3.63, 3.8) is 0 Å². The first-order valence-electron chi connectivity index (χ1n) is 4.99. The lowest BCUT2D eigenvalue weighted by molar-refractivity contribution is -0.118. The van der Waals surface area contributed by atoms with Crippen LogP contribution in [0.3, 0.4) is 0 Å². The quantitative estimate of drug-likeness (QED) is 0.804. The van der Waals surface area contributed by atoms with E-state index >= 15 is 0 Å². The van der Waals surface area contributed by atoms with E-state index in [1.165, 1.54) is 0 Å². The van der Waals surface area contributed by atoms with Crippen LogP contribution in [-0.2, 0) is 10.7 Å². The van der Waals surface area contributed by atoms with Gasteiger partial charge >= 0.3 is 0 Å². The van der Waals surface area contributed by atoms with E-state index in [-0.39, 0.29) is 5.75 Å². The Morgan fingerprint density at radius 3 is 1.93 bits per heavy atom. The van der Waals surface area contributed by atoms with Gasteiger partial charge in [0, 0.05) is 18.7 Å². The molecular formula is C12H17ClO2. The van der Waals surface area contributed by atoms with Crippen LogP contribution in [0.2, 0.25) is 0 Å². The molecule has 0 heterocycles. The number of halogens is 1. The minimum absolute atomic E-state index is 0.281. The van der Waals surface area contributed by atoms with E-state index in [4.69, 9.17) is 16.7 Å². The molecule has 0 atom stereocenters. The molecule has 2 nitrogen and oxygen atoms in total. The highest BCUT2D eigenvalue weighted by atomic mass is 35.5. The molecule has 0 aliphatic carbocycles. The van der Waals surface area contributed by atoms with Gasteiger partial charge in [-0.3, -0.25) is 4.79 Å². The average Bonchev–Trinajstić information content (AvgIpc) is 2.30. The van der Waals surface area contributed by atoms with Crippen molar-refractivity contribution in [1.29, 1.82) is 0 Å². The van der Waals surface area contributed by atoms with Crippen LogP contribution < -0.4 is 0 Å². The summed E-state index contributed by atoms with van der Waals surface area (Å²) in [6, 6.07) is 6.83. The van der Waals surface area contributed by atoms with Gasteiger partial charge in [0.25, 0.3) is 0 Å². The zero-order chi connectivity index (χ0) is 11.7. The monoisotopic (exact) mass is 228 g/mol. The molecule has 1 N–H and O–H groups in total. The fourth-order valence-corrected chi connectivity index (χ4v) is 1.01. The molecule has 15 heavy (non-hydrogen) atoms. The Morgan fingerprint density at radius 1 is 1.20 bits per heavy atom. The van der Waals surface area contributed by atoms with Crippen LogP contribution in [0.25, 0.3) is 0 Å². The van der Waals surface area contributed by atoms with Gasteiger partial charge in [-0.1, -0.05) is 26.0 Å². The number of alkyl halides is 1. The summed E-state index contributed by atoms with van der Waals surface area (Å²) in [5.74, 6) is 1.12. The molecule has 1 rings (SSSR count). The normalized spacial score (nSPS) is 9.00. The number of hydrogen-bond acceptors (Lipinski definition) is 2. The molecule has 84 valence electrons. The Balaban J connectivity index is 0.000000288. The predicted molar refractivity (Wildman–Crippen MR) is 63.3 cm³/mol. The van der Waals surface area contributed by atoms with Crippen LogP contribution in [0.1, 0.15) is 32.3 Å². The molecule has 3 heteroatoms. The molecule has 0 radical (unpaired) electrons. The maximum Gasteiger partial charge on any atom is 0.132 e. The fourth-order valence-electron chi connectivity index (χ4n) is 0.835. The average molecular weight is 229 g/mol. The second-order valence-electron chi connectivity index (χ2n) is 3.05. The second kappa shape index (κ2) is 8.30. The summed E-state index contributed by atoms with van der Waals surface area (Å²) in [5.41, 5.74) is 1.02. The molecule has 0 aliphatic heterocycles. The third-order valence-corrected chi connectivity index (χ3v) is 2.19. The van der Waals surface area contributed by atoms with Gasteiger partial charge in [-0.15, -0.1) is 11.6 Å². The molecule has 0 bridgehead atoms. The zero-order valence-electron chi connectivity index (χ0n) is 9.16. The van der Waals surface area contributed by atoms with Crippen LogP contribution in [-0.4, -0.2) is 10.9 Å². The Morgan fingerprint density at radius 2 is 1.67 bits per heavy atom. The number of rotatable bonds is 3. The predicted octanol–water partition coefficient (Wildman–Crippen LogP) is 3.51. The Labute approximate surface area is 95.9 Å². The third kappa shape index (κ3) is 6.97. The zero-order valence-corrected chi connectivity index (χ0v) is 9.92. The number of phenols is 1. The Bertz CT molecular complexity index is 274. The van der Waals surface area contributed by atoms with E-state index in [0.717, 1.165) is 5.56 Å². The van der Waals surface area contributed by atoms with Crippen molar-refractivity contribution in [1.82, 2.24) is 0 Å². The van der Waals surface area contributed by atoms with Crippen LogP contribution >= 0.6 is 11.6 Å². The summed E-state index contributed by atoms with van der Waals surface area (Å²) in [5, 5.41) is 8.81. The molecule has 0 fully saturated rings. The van der Waals surface area contributed by atoms with E-state index in [9.17, 15) is 4.79 Å². The summed E-state index contributed by atoms with van der Waals surface area (Å²) in [6.45, 7) is 3.76. The fraction of sp³-hybridized carbons (Fsp3) is 0.417. The number of ketones is 1. The van der Waals surface area contributed by atoms with Gasteiger partial charge in [0.2, 0.25) is 0 Å². The van der Waals surface area contributed by atoms with Crippen molar-refractivity contribution in [2.45, 2.75) is 32.6 Å². The van der Waals surface area contributed by atoms with Gasteiger partial charge in [-0.25, -0.2) is 0 Å². The number of hydrogen-bond donors (Lipinski definition) is 1. The summed E-state index contributed by atoms with van der Waals surface area (Å²) in [4.78, 5) is 10.2. The molecular weight excluding hydrogens is 212 g/mol. The van der Waals surface area contributed by atoms with Crippen molar-refractivity contribution in [2.75, 3.05) is 0 Å². The van der Waals surface area contributed by atoms with Crippen LogP contribution in [0.15, 0.2) is 24.3 Å². The summed E-state index contributed by atoms with van der Waals surface area (Å²) < 4.78 is 0. The molecule has 0 aliphatic rings. The van der Waals surface area contributed by atoms with Gasteiger partial charge in [-0.05, 0) is 17.7 Å². The number of benzene rings is 1. The van der Waals surface area contributed by atoms with Crippen molar-refractivity contribution in [3.8, 4) is 5.75 Å². The Hall–Kier alpha value is -1.02. The van der Waals surface area contributed by atoms with Gasteiger partial charge in [0.1, 0.15) is 11.5 Å². The first kappa shape index (κ1) is 14.0. The number of phenolic OH excluding ortho intramolecular Hbond substituents is 1. The second-order valence-corrected chi connectivity index (χ2v) is 3.31. The number of carbonyl (C=O) groups is 1. The van der Waals surface area contributed by atoms with Crippen LogP contribution in [0.5, 0.6) is 5.75 Å². The minimum Gasteiger partial charge on any atom is -0.508 e. The van der Waals surface area contributed by atoms with Gasteiger partial charge < -0.3 is 5.11 Å². The molecule has 1 aromatic carbocycles. The third-order valence-electron chi connectivity index (χ3n) is 1.88. The van der Waals surface area contributed by atoms with E-state index in [0.29, 0.717) is 24.5 Å². The maximum absolute atomic E-state index is 10.2. The maximum atomic E-state index is 10.2. The van der Waals surface area contributed by atoms with Crippen LogP contribution in [0.4, 0.5) is 0 Å². The van der Waals surface area contributed by atoms with Crippen molar-refractivity contribution in [3.05, 3.63) is 29.8 Å². The number of carbonyl (C=O) groups excluding carboxylic acids is 1. The number of aromatic hydroxyl groups is 1. The summed E-state index contributed by atoms with van der Waals surface area (Å²) in [7, 11) is 0. The molecule has 0 spiro atoms. The highest BCUT2D eigenvalue weighted by Crippen LogP contribution is 2.10. The van der Waals surface area contributed by atoms with E-state index in [2.05, 4.69) is 0 Å². The van der Waals surface area contributed by atoms with E-state index in [1.807, 2.05) is 13.8 Å². The summed E-state index contributed by atoms with van der Waals surface area (Å²) >= 11 is 5.50. The van der Waals surface area contributed by atoms with E-state index < -0.39 is 0 Å². The lowest BCUT2D eigenvalue weighted by atomic mass is 10.2. The van der Waals surface area contributed by atoms with Crippen molar-refractivity contribution >= 4 is 17.4 Å². The van der Waals surface area contributed by atoms with Crippen molar-refractivity contribution < 1.29 is 9.90 Å². The molecule has 0 saturated carbocycles. The topological polar surface area (TPSA) is 37.3 Å². The summed E-state index contributed by atoms with van der Waals surface area (Å²) in [6.07, 6.45) is 1.38. The van der Waals surface area contributed by atoms with Crippen LogP contribution in [0, 0.1) is 0 Å². The molecule has 1 aromatic rings. The SMILES string of the molecule is CCC(=O)CC.Oc1ccc(CCl)cc1. The van der Waals surface area contributed by atoms with E-state index in [1.54, 1.807) is 24.3 Å². The Kier molecular flexibility index (Phi) is 7.74. The van der Waals surface area contributed by atoms with Gasteiger partial charge in [-0.2, -0.15) is 0 Å². The minimum atomic E-state index is 0.281. The molecule has 0 amide bonds. The molecule has 0 aromatic heterocycles. The lowest BCUT2D eigenvalue weighted by Gasteiger charge is -1.92. The lowest BCUT2D eigenvalue weighted by Crippen LogP contribution is -1.88. The van der Waals surface area contributed by atoms with Gasteiger partial charge in [0.15, 0.2) is 0 Å². The van der Waals surface area contributed by atoms with Gasteiger partial charge in [0.05, 0.1) is 0 Å². The number of Topliss-reactive ketones (excluding diaryl/α,β-unsaturated/α-hetero) is 1. The smallest absolute Gasteiger partial charge is 0.132 e. The molecule has 0 saturated heterocycles. The van der Waals surface area contributed by atoms with Crippen molar-refractivity contribution in [2.24, 2.45) is 0 Å². The standard InChI is InChI=1S/C7H7ClO.C5H10O/c8-5-6-1-3-7(9)4-2-6;1-3-5(6)4-2/h1-4,9H,5H2;3-4H2,1-2H3. The highest BCUT2D eigenvalue weighted by molar-refractivity contribution is 6.17. The first-order chi connectivity index (χ1) is 7.13.